The van der Waals surface area contributed by atoms with Crippen LogP contribution in [0, 0.1) is 0 Å². The third-order valence-corrected chi connectivity index (χ3v) is 4.07. The van der Waals surface area contributed by atoms with E-state index in [-0.39, 0.29) is 18.3 Å². The first-order chi connectivity index (χ1) is 8.51. The standard InChI is InChI=1S/C14H24N2OS.ClH/c1-4-9-14(3,15)13(17)16(5-2)10-8-12-7-6-11-18-12;/h6-7,11H,4-5,8-10,15H2,1-3H3;1H. The van der Waals surface area contributed by atoms with Crippen LogP contribution in [0.4, 0.5) is 0 Å². The van der Waals surface area contributed by atoms with E-state index in [9.17, 15) is 4.79 Å². The Bertz CT molecular complexity index is 366. The van der Waals surface area contributed by atoms with E-state index in [0.29, 0.717) is 0 Å². The van der Waals surface area contributed by atoms with Crippen molar-refractivity contribution in [1.29, 1.82) is 0 Å². The molecule has 3 nitrogen and oxygen atoms in total. The van der Waals surface area contributed by atoms with Crippen molar-refractivity contribution in [2.75, 3.05) is 13.1 Å². The Morgan fingerprint density at radius 1 is 1.47 bits per heavy atom. The molecule has 1 amide bonds. The molecule has 1 atom stereocenters. The number of hydrogen-bond acceptors (Lipinski definition) is 3. The van der Waals surface area contributed by atoms with Gasteiger partial charge in [-0.3, -0.25) is 4.79 Å². The Kier molecular flexibility index (Phi) is 8.30. The van der Waals surface area contributed by atoms with Gasteiger partial charge in [0.1, 0.15) is 0 Å². The van der Waals surface area contributed by atoms with Gasteiger partial charge < -0.3 is 10.6 Å². The lowest BCUT2D eigenvalue weighted by atomic mass is 9.95. The Morgan fingerprint density at radius 2 is 2.16 bits per heavy atom. The average molecular weight is 305 g/mol. The lowest BCUT2D eigenvalue weighted by Gasteiger charge is -2.31. The maximum atomic E-state index is 12.3. The van der Waals surface area contributed by atoms with Gasteiger partial charge in [0.25, 0.3) is 0 Å². The smallest absolute Gasteiger partial charge is 0.242 e. The summed E-state index contributed by atoms with van der Waals surface area (Å²) in [7, 11) is 0. The summed E-state index contributed by atoms with van der Waals surface area (Å²) in [5.41, 5.74) is 5.39. The SMILES string of the molecule is CCCC(C)(N)C(=O)N(CC)CCc1cccs1.Cl. The van der Waals surface area contributed by atoms with Crippen LogP contribution in [0.1, 0.15) is 38.5 Å². The number of hydrogen-bond donors (Lipinski definition) is 1. The molecular weight excluding hydrogens is 280 g/mol. The van der Waals surface area contributed by atoms with Crippen molar-refractivity contribution >= 4 is 29.7 Å². The van der Waals surface area contributed by atoms with Crippen molar-refractivity contribution in [3.05, 3.63) is 22.4 Å². The number of amides is 1. The maximum Gasteiger partial charge on any atom is 0.242 e. The van der Waals surface area contributed by atoms with Gasteiger partial charge in [-0.25, -0.2) is 0 Å². The quantitative estimate of drug-likeness (QED) is 0.841. The zero-order valence-electron chi connectivity index (χ0n) is 12.0. The molecule has 1 rings (SSSR count). The van der Waals surface area contributed by atoms with E-state index in [1.807, 2.05) is 24.8 Å². The predicted molar refractivity (Wildman–Crippen MR) is 85.0 cm³/mol. The summed E-state index contributed by atoms with van der Waals surface area (Å²) in [5, 5.41) is 2.07. The van der Waals surface area contributed by atoms with Crippen molar-refractivity contribution in [2.45, 2.75) is 45.6 Å². The predicted octanol–water partition coefficient (Wildman–Crippen LogP) is 3.08. The Morgan fingerprint density at radius 3 is 2.63 bits per heavy atom. The van der Waals surface area contributed by atoms with Crippen molar-refractivity contribution in [1.82, 2.24) is 4.90 Å². The summed E-state index contributed by atoms with van der Waals surface area (Å²) in [5.74, 6) is 0.0726. The second kappa shape index (κ2) is 8.56. The highest BCUT2D eigenvalue weighted by Gasteiger charge is 2.30. The van der Waals surface area contributed by atoms with Gasteiger partial charge in [0.2, 0.25) is 5.91 Å². The summed E-state index contributed by atoms with van der Waals surface area (Å²) in [6.45, 7) is 7.38. The fourth-order valence-electron chi connectivity index (χ4n) is 2.09. The van der Waals surface area contributed by atoms with Gasteiger partial charge >= 0.3 is 0 Å². The first-order valence-corrected chi connectivity index (χ1v) is 7.50. The fraction of sp³-hybridized carbons (Fsp3) is 0.643. The van der Waals surface area contributed by atoms with Crippen LogP contribution in [0.3, 0.4) is 0 Å². The molecule has 1 aromatic heterocycles. The zero-order chi connectivity index (χ0) is 13.6. The summed E-state index contributed by atoms with van der Waals surface area (Å²) < 4.78 is 0. The van der Waals surface area contributed by atoms with Crippen molar-refractivity contribution < 1.29 is 4.79 Å². The van der Waals surface area contributed by atoms with Crippen LogP contribution in [0.25, 0.3) is 0 Å². The fourth-order valence-corrected chi connectivity index (χ4v) is 2.79. The summed E-state index contributed by atoms with van der Waals surface area (Å²) in [4.78, 5) is 15.5. The van der Waals surface area contributed by atoms with Crippen LogP contribution in [0.2, 0.25) is 0 Å². The Balaban J connectivity index is 0.00000324. The number of halogens is 1. The summed E-state index contributed by atoms with van der Waals surface area (Å²) in [6, 6.07) is 4.15. The van der Waals surface area contributed by atoms with Gasteiger partial charge in [-0.05, 0) is 38.1 Å². The number of nitrogens with zero attached hydrogens (tertiary/aromatic N) is 1. The largest absolute Gasteiger partial charge is 0.341 e. The van der Waals surface area contributed by atoms with E-state index in [4.69, 9.17) is 5.73 Å². The van der Waals surface area contributed by atoms with E-state index >= 15 is 0 Å². The molecule has 1 heterocycles. The van der Waals surface area contributed by atoms with Crippen molar-refractivity contribution in [2.24, 2.45) is 5.73 Å². The van der Waals surface area contributed by atoms with Crippen LogP contribution < -0.4 is 5.73 Å². The van der Waals surface area contributed by atoms with Crippen molar-refractivity contribution in [3.63, 3.8) is 0 Å². The number of rotatable bonds is 7. The molecule has 0 aromatic carbocycles. The Hall–Kier alpha value is -0.580. The lowest BCUT2D eigenvalue weighted by molar-refractivity contribution is -0.136. The highest BCUT2D eigenvalue weighted by atomic mass is 35.5. The molecule has 5 heteroatoms. The molecule has 0 aliphatic heterocycles. The van der Waals surface area contributed by atoms with E-state index < -0.39 is 5.54 Å². The maximum absolute atomic E-state index is 12.3. The molecule has 2 N–H and O–H groups in total. The first-order valence-electron chi connectivity index (χ1n) is 6.62. The van der Waals surface area contributed by atoms with Crippen LogP contribution in [-0.2, 0) is 11.2 Å². The Labute approximate surface area is 126 Å². The van der Waals surface area contributed by atoms with Gasteiger partial charge in [-0.15, -0.1) is 23.7 Å². The third kappa shape index (κ3) is 5.51. The number of carbonyl (C=O) groups is 1. The van der Waals surface area contributed by atoms with Crippen molar-refractivity contribution in [3.8, 4) is 0 Å². The molecule has 0 radical (unpaired) electrons. The van der Waals surface area contributed by atoms with Gasteiger partial charge in [0.05, 0.1) is 5.54 Å². The van der Waals surface area contributed by atoms with Crippen LogP contribution in [0.15, 0.2) is 17.5 Å². The molecule has 0 saturated heterocycles. The second-order valence-electron chi connectivity index (χ2n) is 4.88. The van der Waals surface area contributed by atoms with Crippen LogP contribution >= 0.6 is 23.7 Å². The second-order valence-corrected chi connectivity index (χ2v) is 5.91. The molecule has 0 bridgehead atoms. The highest BCUT2D eigenvalue weighted by Crippen LogP contribution is 2.15. The third-order valence-electron chi connectivity index (χ3n) is 3.14. The molecule has 110 valence electrons. The molecule has 0 saturated carbocycles. The van der Waals surface area contributed by atoms with E-state index in [1.165, 1.54) is 4.88 Å². The molecule has 0 aliphatic rings. The molecular formula is C14H25ClN2OS. The van der Waals surface area contributed by atoms with E-state index in [2.05, 4.69) is 18.4 Å². The van der Waals surface area contributed by atoms with E-state index in [0.717, 1.165) is 32.4 Å². The number of thiophene rings is 1. The molecule has 1 aromatic rings. The van der Waals surface area contributed by atoms with Gasteiger partial charge in [0, 0.05) is 18.0 Å². The van der Waals surface area contributed by atoms with E-state index in [1.54, 1.807) is 11.3 Å². The lowest BCUT2D eigenvalue weighted by Crippen LogP contribution is -2.53. The average Bonchev–Trinajstić information content (AvgIpc) is 2.82. The summed E-state index contributed by atoms with van der Waals surface area (Å²) >= 11 is 1.74. The zero-order valence-corrected chi connectivity index (χ0v) is 13.6. The van der Waals surface area contributed by atoms with Crippen LogP contribution in [-0.4, -0.2) is 29.4 Å². The van der Waals surface area contributed by atoms with Gasteiger partial charge in [-0.1, -0.05) is 19.4 Å². The minimum Gasteiger partial charge on any atom is -0.341 e. The highest BCUT2D eigenvalue weighted by molar-refractivity contribution is 7.09. The normalized spacial score (nSPS) is 13.5. The van der Waals surface area contributed by atoms with Crippen LogP contribution in [0.5, 0.6) is 0 Å². The molecule has 19 heavy (non-hydrogen) atoms. The first kappa shape index (κ1) is 18.4. The molecule has 0 spiro atoms. The monoisotopic (exact) mass is 304 g/mol. The minimum absolute atomic E-state index is 0. The number of nitrogens with two attached hydrogens (primary N) is 1. The topological polar surface area (TPSA) is 46.3 Å². The number of likely N-dealkylation sites (N-methyl/N-ethyl adjacent to an activating group) is 1. The number of carbonyl (C=O) groups excluding carboxylic acids is 1. The van der Waals surface area contributed by atoms with Gasteiger partial charge in [0.15, 0.2) is 0 Å². The summed E-state index contributed by atoms with van der Waals surface area (Å²) in [6.07, 6.45) is 2.59. The minimum atomic E-state index is -0.722. The molecule has 1 unspecified atom stereocenters. The van der Waals surface area contributed by atoms with Gasteiger partial charge in [-0.2, -0.15) is 0 Å². The molecule has 0 aliphatic carbocycles. The molecule has 0 fully saturated rings.